The lowest BCUT2D eigenvalue weighted by atomic mass is 9.99. The summed E-state index contributed by atoms with van der Waals surface area (Å²) in [5.74, 6) is 0.783. The van der Waals surface area contributed by atoms with Gasteiger partial charge in [-0.1, -0.05) is 13.3 Å². The molecule has 4 N–H and O–H groups in total. The van der Waals surface area contributed by atoms with Gasteiger partial charge in [0.05, 0.1) is 0 Å². The monoisotopic (exact) mass is 267 g/mol. The van der Waals surface area contributed by atoms with Crippen LogP contribution >= 0.6 is 0 Å². The first kappa shape index (κ1) is 15.8. The zero-order chi connectivity index (χ0) is 14.3. The van der Waals surface area contributed by atoms with Crippen LogP contribution < -0.4 is 5.32 Å². The van der Waals surface area contributed by atoms with Crippen LogP contribution in [-0.4, -0.2) is 28.5 Å². The van der Waals surface area contributed by atoms with Crippen molar-refractivity contribution in [1.29, 1.82) is 0 Å². The molecule has 0 aliphatic heterocycles. The molecule has 0 spiro atoms. The van der Waals surface area contributed by atoms with Crippen molar-refractivity contribution in [3.05, 3.63) is 23.8 Å². The van der Waals surface area contributed by atoms with Crippen LogP contribution in [0, 0.1) is 5.92 Å². The second-order valence-electron chi connectivity index (χ2n) is 5.04. The largest absolute Gasteiger partial charge is 0.508 e. The highest BCUT2D eigenvalue weighted by molar-refractivity contribution is 5.40. The van der Waals surface area contributed by atoms with Gasteiger partial charge in [-0.2, -0.15) is 0 Å². The van der Waals surface area contributed by atoms with Crippen LogP contribution in [-0.2, 0) is 0 Å². The van der Waals surface area contributed by atoms with E-state index in [1.165, 1.54) is 12.1 Å². The Morgan fingerprint density at radius 3 is 2.58 bits per heavy atom. The predicted octanol–water partition coefficient (Wildman–Crippen LogP) is 2.55. The predicted molar refractivity (Wildman–Crippen MR) is 76.3 cm³/mol. The highest BCUT2D eigenvalue weighted by Crippen LogP contribution is 2.27. The third kappa shape index (κ3) is 5.09. The average Bonchev–Trinajstić information content (AvgIpc) is 2.39. The molecule has 0 radical (unpaired) electrons. The zero-order valence-electron chi connectivity index (χ0n) is 11.8. The standard InChI is InChI=1S/C15H25NO3/c1-3-4-12(7-8-17)10-16-11(2)14-9-13(18)5-6-15(14)19/h5-6,9,11-12,16-19H,3-4,7-8,10H2,1-2H3. The van der Waals surface area contributed by atoms with Crippen LogP contribution in [0.25, 0.3) is 0 Å². The van der Waals surface area contributed by atoms with E-state index in [4.69, 9.17) is 5.11 Å². The minimum atomic E-state index is -0.0369. The number of aliphatic hydroxyl groups is 1. The molecular weight excluding hydrogens is 242 g/mol. The molecule has 0 saturated heterocycles. The number of rotatable bonds is 8. The van der Waals surface area contributed by atoms with Crippen molar-refractivity contribution in [2.75, 3.05) is 13.2 Å². The Morgan fingerprint density at radius 1 is 1.21 bits per heavy atom. The van der Waals surface area contributed by atoms with E-state index in [1.807, 2.05) is 6.92 Å². The van der Waals surface area contributed by atoms with Crippen LogP contribution in [0.1, 0.15) is 44.7 Å². The van der Waals surface area contributed by atoms with Crippen molar-refractivity contribution >= 4 is 0 Å². The van der Waals surface area contributed by atoms with Gasteiger partial charge in [0.15, 0.2) is 0 Å². The van der Waals surface area contributed by atoms with Crippen LogP contribution in [0.3, 0.4) is 0 Å². The number of benzene rings is 1. The number of aliphatic hydroxyl groups excluding tert-OH is 1. The molecule has 1 aromatic rings. The molecule has 0 amide bonds. The molecule has 19 heavy (non-hydrogen) atoms. The van der Waals surface area contributed by atoms with Crippen molar-refractivity contribution in [2.45, 2.75) is 39.2 Å². The minimum absolute atomic E-state index is 0.0369. The fourth-order valence-corrected chi connectivity index (χ4v) is 2.28. The number of phenolic OH excluding ortho intramolecular Hbond substituents is 2. The van der Waals surface area contributed by atoms with E-state index >= 15 is 0 Å². The van der Waals surface area contributed by atoms with Crippen molar-refractivity contribution in [3.63, 3.8) is 0 Å². The summed E-state index contributed by atoms with van der Waals surface area (Å²) in [6, 6.07) is 4.51. The lowest BCUT2D eigenvalue weighted by Gasteiger charge is -2.21. The summed E-state index contributed by atoms with van der Waals surface area (Å²) in [4.78, 5) is 0. The summed E-state index contributed by atoms with van der Waals surface area (Å²) >= 11 is 0. The van der Waals surface area contributed by atoms with Crippen molar-refractivity contribution in [1.82, 2.24) is 5.32 Å². The average molecular weight is 267 g/mol. The number of hydrogen-bond acceptors (Lipinski definition) is 4. The Kier molecular flexibility index (Phi) is 6.67. The van der Waals surface area contributed by atoms with Gasteiger partial charge in [0.2, 0.25) is 0 Å². The molecule has 0 saturated carbocycles. The first-order valence-electron chi connectivity index (χ1n) is 6.94. The third-order valence-electron chi connectivity index (χ3n) is 3.42. The van der Waals surface area contributed by atoms with Gasteiger partial charge >= 0.3 is 0 Å². The van der Waals surface area contributed by atoms with E-state index in [1.54, 1.807) is 6.07 Å². The smallest absolute Gasteiger partial charge is 0.120 e. The van der Waals surface area contributed by atoms with Crippen LogP contribution in [0.15, 0.2) is 18.2 Å². The molecule has 0 aliphatic rings. The van der Waals surface area contributed by atoms with E-state index in [0.717, 1.165) is 25.8 Å². The quantitative estimate of drug-likeness (QED) is 0.546. The summed E-state index contributed by atoms with van der Waals surface area (Å²) in [6.07, 6.45) is 2.96. The molecule has 108 valence electrons. The third-order valence-corrected chi connectivity index (χ3v) is 3.42. The summed E-state index contributed by atoms with van der Waals surface area (Å²) in [5, 5.41) is 31.6. The molecule has 4 heteroatoms. The van der Waals surface area contributed by atoms with E-state index in [0.29, 0.717) is 11.5 Å². The van der Waals surface area contributed by atoms with Gasteiger partial charge < -0.3 is 20.6 Å². The fourth-order valence-electron chi connectivity index (χ4n) is 2.28. The van der Waals surface area contributed by atoms with E-state index < -0.39 is 0 Å². The molecule has 1 rings (SSSR count). The second kappa shape index (κ2) is 8.02. The van der Waals surface area contributed by atoms with Crippen molar-refractivity contribution in [3.8, 4) is 11.5 Å². The molecule has 0 heterocycles. The summed E-state index contributed by atoms with van der Waals surface area (Å²) < 4.78 is 0. The molecule has 0 aliphatic carbocycles. The Balaban J connectivity index is 2.58. The van der Waals surface area contributed by atoms with Gasteiger partial charge in [0, 0.05) is 18.2 Å². The topological polar surface area (TPSA) is 72.7 Å². The van der Waals surface area contributed by atoms with Gasteiger partial charge in [0.1, 0.15) is 11.5 Å². The SMILES string of the molecule is CCCC(CCO)CNC(C)c1cc(O)ccc1O. The molecule has 1 aromatic carbocycles. The second-order valence-corrected chi connectivity index (χ2v) is 5.04. The zero-order valence-corrected chi connectivity index (χ0v) is 11.8. The lowest BCUT2D eigenvalue weighted by Crippen LogP contribution is -2.26. The van der Waals surface area contributed by atoms with Crippen molar-refractivity contribution in [2.24, 2.45) is 5.92 Å². The Labute approximate surface area is 115 Å². The molecule has 2 atom stereocenters. The molecular formula is C15H25NO3. The Bertz CT molecular complexity index is 376. The van der Waals surface area contributed by atoms with E-state index in [2.05, 4.69) is 12.2 Å². The Morgan fingerprint density at radius 2 is 1.95 bits per heavy atom. The highest BCUT2D eigenvalue weighted by Gasteiger charge is 2.13. The molecule has 4 nitrogen and oxygen atoms in total. The normalized spacial score (nSPS) is 14.3. The van der Waals surface area contributed by atoms with Gasteiger partial charge in [-0.3, -0.25) is 0 Å². The van der Waals surface area contributed by atoms with Crippen LogP contribution in [0.4, 0.5) is 0 Å². The summed E-state index contributed by atoms with van der Waals surface area (Å²) in [7, 11) is 0. The highest BCUT2D eigenvalue weighted by atomic mass is 16.3. The number of nitrogens with one attached hydrogen (secondary N) is 1. The molecule has 2 unspecified atom stereocenters. The maximum absolute atomic E-state index is 9.79. The van der Waals surface area contributed by atoms with Crippen molar-refractivity contribution < 1.29 is 15.3 Å². The van der Waals surface area contributed by atoms with Gasteiger partial charge in [0.25, 0.3) is 0 Å². The van der Waals surface area contributed by atoms with Gasteiger partial charge in [-0.15, -0.1) is 0 Å². The van der Waals surface area contributed by atoms with Crippen LogP contribution in [0.5, 0.6) is 11.5 Å². The lowest BCUT2D eigenvalue weighted by molar-refractivity contribution is 0.245. The van der Waals surface area contributed by atoms with Gasteiger partial charge in [-0.25, -0.2) is 0 Å². The number of phenols is 2. The maximum Gasteiger partial charge on any atom is 0.120 e. The first-order valence-corrected chi connectivity index (χ1v) is 6.94. The minimum Gasteiger partial charge on any atom is -0.508 e. The fraction of sp³-hybridized carbons (Fsp3) is 0.600. The molecule has 0 bridgehead atoms. The number of aromatic hydroxyl groups is 2. The van der Waals surface area contributed by atoms with Gasteiger partial charge in [-0.05, 0) is 50.4 Å². The van der Waals surface area contributed by atoms with E-state index in [-0.39, 0.29) is 24.1 Å². The summed E-state index contributed by atoms with van der Waals surface area (Å²) in [6.45, 7) is 5.09. The van der Waals surface area contributed by atoms with E-state index in [9.17, 15) is 10.2 Å². The first-order chi connectivity index (χ1) is 9.08. The number of hydrogen-bond donors (Lipinski definition) is 4. The summed E-state index contributed by atoms with van der Waals surface area (Å²) in [5.41, 5.74) is 0.694. The maximum atomic E-state index is 9.79. The van der Waals surface area contributed by atoms with Crippen LogP contribution in [0.2, 0.25) is 0 Å². The molecule has 0 fully saturated rings. The molecule has 0 aromatic heterocycles. The Hall–Kier alpha value is -1.26.